The van der Waals surface area contributed by atoms with Crippen LogP contribution in [0.5, 0.6) is 0 Å². The first-order chi connectivity index (χ1) is 15.8. The normalized spacial score (nSPS) is 13.8. The quantitative estimate of drug-likeness (QED) is 0.619. The number of amides is 2. The number of benzene rings is 2. The lowest BCUT2D eigenvalue weighted by atomic mass is 10.0. The number of nitrogens with one attached hydrogen (secondary N) is 1. The zero-order valence-corrected chi connectivity index (χ0v) is 20.3. The van der Waals surface area contributed by atoms with E-state index in [1.807, 2.05) is 30.0 Å². The summed E-state index contributed by atoms with van der Waals surface area (Å²) in [4.78, 5) is 26.5. The number of rotatable bonds is 4. The molecule has 6 heteroatoms. The third-order valence-electron chi connectivity index (χ3n) is 6.39. The third kappa shape index (κ3) is 5.33. The van der Waals surface area contributed by atoms with Gasteiger partial charge in [0.15, 0.2) is 0 Å². The molecule has 0 saturated carbocycles. The highest BCUT2D eigenvalue weighted by atomic mass is 16.2. The fraction of sp³-hybridized carbons (Fsp3) is 0.370. The molecule has 2 heterocycles. The van der Waals surface area contributed by atoms with Crippen LogP contribution in [0.1, 0.15) is 39.3 Å². The van der Waals surface area contributed by atoms with Gasteiger partial charge in [0.25, 0.3) is 0 Å². The summed E-state index contributed by atoms with van der Waals surface area (Å²) >= 11 is 0. The van der Waals surface area contributed by atoms with E-state index in [4.69, 9.17) is 4.98 Å². The van der Waals surface area contributed by atoms with Gasteiger partial charge in [-0.25, -0.2) is 14.8 Å². The van der Waals surface area contributed by atoms with Gasteiger partial charge in [0.2, 0.25) is 0 Å². The van der Waals surface area contributed by atoms with Crippen molar-refractivity contribution in [3.05, 3.63) is 81.8 Å². The molecule has 0 spiro atoms. The predicted octanol–water partition coefficient (Wildman–Crippen LogP) is 4.96. The molecule has 2 amide bonds. The van der Waals surface area contributed by atoms with Gasteiger partial charge in [-0.15, -0.1) is 0 Å². The topological polar surface area (TPSA) is 61.4 Å². The van der Waals surface area contributed by atoms with Crippen LogP contribution in [-0.2, 0) is 6.42 Å². The van der Waals surface area contributed by atoms with Gasteiger partial charge in [0.1, 0.15) is 11.6 Å². The molecule has 3 aromatic rings. The maximum absolute atomic E-state index is 12.8. The second kappa shape index (κ2) is 9.61. The molecular weight excluding hydrogens is 410 g/mol. The number of aromatic nitrogens is 2. The molecule has 1 aromatic heterocycles. The summed E-state index contributed by atoms with van der Waals surface area (Å²) in [6.45, 7) is 13.1. The number of anilines is 2. The van der Waals surface area contributed by atoms with Crippen molar-refractivity contribution < 1.29 is 4.79 Å². The molecule has 0 atom stereocenters. The van der Waals surface area contributed by atoms with Crippen LogP contribution in [-0.4, -0.2) is 47.1 Å². The molecule has 1 saturated heterocycles. The zero-order valence-electron chi connectivity index (χ0n) is 20.3. The summed E-state index contributed by atoms with van der Waals surface area (Å²) in [5.74, 6) is 1.78. The van der Waals surface area contributed by atoms with Crippen LogP contribution in [0, 0.1) is 34.6 Å². The van der Waals surface area contributed by atoms with E-state index >= 15 is 0 Å². The van der Waals surface area contributed by atoms with Gasteiger partial charge >= 0.3 is 6.03 Å². The fourth-order valence-corrected chi connectivity index (χ4v) is 4.36. The number of carbonyl (C=O) groups is 1. The Morgan fingerprint density at radius 3 is 2.36 bits per heavy atom. The maximum atomic E-state index is 12.8. The number of hydrogen-bond acceptors (Lipinski definition) is 4. The lowest BCUT2D eigenvalue weighted by molar-refractivity contribution is 0.208. The lowest BCUT2D eigenvalue weighted by Gasteiger charge is -2.36. The number of aryl methyl sites for hydroxylation is 5. The van der Waals surface area contributed by atoms with Crippen LogP contribution in [0.25, 0.3) is 0 Å². The summed E-state index contributed by atoms with van der Waals surface area (Å²) in [6.07, 6.45) is 0.802. The Bertz CT molecular complexity index is 1170. The van der Waals surface area contributed by atoms with Crippen molar-refractivity contribution in [2.45, 2.75) is 41.0 Å². The average molecular weight is 444 g/mol. The Hall–Kier alpha value is -3.41. The van der Waals surface area contributed by atoms with Crippen LogP contribution in [0.15, 0.2) is 42.5 Å². The highest BCUT2D eigenvalue weighted by molar-refractivity contribution is 5.89. The molecule has 172 valence electrons. The first kappa shape index (κ1) is 22.8. The van der Waals surface area contributed by atoms with Crippen LogP contribution in [0.4, 0.5) is 16.3 Å². The van der Waals surface area contributed by atoms with Gasteiger partial charge in [0.05, 0.1) is 0 Å². The van der Waals surface area contributed by atoms with Crippen molar-refractivity contribution in [3.8, 4) is 0 Å². The van der Waals surface area contributed by atoms with Crippen LogP contribution >= 0.6 is 0 Å². The van der Waals surface area contributed by atoms with Crippen molar-refractivity contribution in [1.29, 1.82) is 0 Å². The second-order valence-corrected chi connectivity index (χ2v) is 9.03. The summed E-state index contributed by atoms with van der Waals surface area (Å²) in [5.41, 5.74) is 7.94. The minimum absolute atomic E-state index is 0.0482. The monoisotopic (exact) mass is 443 g/mol. The molecule has 1 N–H and O–H groups in total. The Balaban J connectivity index is 1.46. The van der Waals surface area contributed by atoms with Crippen LogP contribution in [0.3, 0.4) is 0 Å². The van der Waals surface area contributed by atoms with Crippen molar-refractivity contribution >= 4 is 17.5 Å². The SMILES string of the molecule is Cc1cccc(Cc2c(C)nc(C)nc2N2CCN(C(=O)Nc3ccc(C)c(C)c3)CC2)c1. The summed E-state index contributed by atoms with van der Waals surface area (Å²) in [7, 11) is 0. The number of urea groups is 1. The van der Waals surface area contributed by atoms with Gasteiger partial charge in [-0.3, -0.25) is 0 Å². The van der Waals surface area contributed by atoms with E-state index in [0.717, 1.165) is 42.5 Å². The van der Waals surface area contributed by atoms with Gasteiger partial charge in [-0.05, 0) is 63.4 Å². The number of piperazine rings is 1. The molecular formula is C27H33N5O. The fourth-order valence-electron chi connectivity index (χ4n) is 4.36. The molecule has 0 aliphatic carbocycles. The highest BCUT2D eigenvalue weighted by Gasteiger charge is 2.25. The minimum atomic E-state index is -0.0482. The summed E-state index contributed by atoms with van der Waals surface area (Å²) in [5, 5.41) is 3.04. The molecule has 1 aliphatic heterocycles. The minimum Gasteiger partial charge on any atom is -0.353 e. The van der Waals surface area contributed by atoms with Gasteiger partial charge in [-0.1, -0.05) is 35.9 Å². The van der Waals surface area contributed by atoms with Crippen molar-refractivity contribution in [2.24, 2.45) is 0 Å². The predicted molar refractivity (Wildman–Crippen MR) is 134 cm³/mol. The Labute approximate surface area is 196 Å². The van der Waals surface area contributed by atoms with E-state index in [-0.39, 0.29) is 6.03 Å². The van der Waals surface area contributed by atoms with Gasteiger partial charge < -0.3 is 15.1 Å². The standard InChI is InChI=1S/C27H33N5O/c1-18-7-6-8-23(15-18)17-25-21(4)28-22(5)29-26(25)31-11-13-32(14-12-31)27(33)30-24-10-9-19(2)20(3)16-24/h6-10,15-16H,11-14,17H2,1-5H3,(H,30,33). The van der Waals surface area contributed by atoms with Crippen LogP contribution in [0.2, 0.25) is 0 Å². The first-order valence-electron chi connectivity index (χ1n) is 11.6. The largest absolute Gasteiger partial charge is 0.353 e. The molecule has 4 rings (SSSR count). The van der Waals surface area contributed by atoms with E-state index in [2.05, 4.69) is 67.2 Å². The molecule has 2 aromatic carbocycles. The number of carbonyl (C=O) groups excluding carboxylic acids is 1. The molecule has 1 fully saturated rings. The summed E-state index contributed by atoms with van der Waals surface area (Å²) in [6, 6.07) is 14.6. The highest BCUT2D eigenvalue weighted by Crippen LogP contribution is 2.25. The third-order valence-corrected chi connectivity index (χ3v) is 6.39. The molecule has 0 radical (unpaired) electrons. The molecule has 0 bridgehead atoms. The van der Waals surface area contributed by atoms with E-state index < -0.39 is 0 Å². The first-order valence-corrected chi connectivity index (χ1v) is 11.6. The Morgan fingerprint density at radius 2 is 1.67 bits per heavy atom. The van der Waals surface area contributed by atoms with E-state index in [1.165, 1.54) is 27.8 Å². The van der Waals surface area contributed by atoms with E-state index in [9.17, 15) is 4.79 Å². The molecule has 1 aliphatic rings. The maximum Gasteiger partial charge on any atom is 0.321 e. The second-order valence-electron chi connectivity index (χ2n) is 9.03. The molecule has 33 heavy (non-hydrogen) atoms. The van der Waals surface area contributed by atoms with Gasteiger partial charge in [0, 0.05) is 49.5 Å². The summed E-state index contributed by atoms with van der Waals surface area (Å²) < 4.78 is 0. The molecule has 6 nitrogen and oxygen atoms in total. The van der Waals surface area contributed by atoms with Crippen molar-refractivity contribution in [2.75, 3.05) is 36.4 Å². The molecule has 0 unspecified atom stereocenters. The Morgan fingerprint density at radius 1 is 0.909 bits per heavy atom. The van der Waals surface area contributed by atoms with E-state index in [0.29, 0.717) is 13.1 Å². The lowest BCUT2D eigenvalue weighted by Crippen LogP contribution is -2.50. The number of hydrogen-bond donors (Lipinski definition) is 1. The number of nitrogens with zero attached hydrogens (tertiary/aromatic N) is 4. The zero-order chi connectivity index (χ0) is 23.5. The average Bonchev–Trinajstić information content (AvgIpc) is 2.78. The smallest absolute Gasteiger partial charge is 0.321 e. The van der Waals surface area contributed by atoms with Gasteiger partial charge in [-0.2, -0.15) is 0 Å². The van der Waals surface area contributed by atoms with Crippen molar-refractivity contribution in [1.82, 2.24) is 14.9 Å². The van der Waals surface area contributed by atoms with E-state index in [1.54, 1.807) is 0 Å². The van der Waals surface area contributed by atoms with Crippen molar-refractivity contribution in [3.63, 3.8) is 0 Å². The Kier molecular flexibility index (Phi) is 6.63. The van der Waals surface area contributed by atoms with Crippen LogP contribution < -0.4 is 10.2 Å².